The van der Waals surface area contributed by atoms with Crippen LogP contribution in [0.15, 0.2) is 24.3 Å². The van der Waals surface area contributed by atoms with E-state index in [4.69, 9.17) is 14.2 Å². The van der Waals surface area contributed by atoms with Crippen LogP contribution >= 0.6 is 0 Å². The van der Waals surface area contributed by atoms with Gasteiger partial charge in [-0.2, -0.15) is 0 Å². The lowest BCUT2D eigenvalue weighted by atomic mass is 9.82. The molecule has 2 rings (SSSR count). The molecule has 1 N–H and O–H groups in total. The lowest BCUT2D eigenvalue weighted by molar-refractivity contribution is -0.231. The summed E-state index contributed by atoms with van der Waals surface area (Å²) in [6.45, 7) is 1.75. The molecule has 1 unspecified atom stereocenters. The third kappa shape index (κ3) is 3.95. The van der Waals surface area contributed by atoms with Crippen molar-refractivity contribution < 1.29 is 19.3 Å². The maximum Gasteiger partial charge on any atom is 0.315 e. The van der Waals surface area contributed by atoms with E-state index < -0.39 is 6.48 Å². The first-order valence-electron chi connectivity index (χ1n) is 7.33. The van der Waals surface area contributed by atoms with Crippen LogP contribution in [0.25, 0.3) is 0 Å². The van der Waals surface area contributed by atoms with Crippen molar-refractivity contribution in [2.45, 2.75) is 51.1 Å². The number of aliphatic hydroxyl groups excluding tert-OH is 1. The van der Waals surface area contributed by atoms with Gasteiger partial charge in [0.25, 0.3) is 0 Å². The molecule has 0 spiro atoms. The average molecular weight is 280 g/mol. The number of benzene rings is 1. The van der Waals surface area contributed by atoms with Crippen LogP contribution in [0.2, 0.25) is 0 Å². The van der Waals surface area contributed by atoms with Crippen LogP contribution < -0.4 is 4.74 Å². The molecule has 1 aromatic rings. The van der Waals surface area contributed by atoms with E-state index in [0.717, 1.165) is 19.3 Å². The van der Waals surface area contributed by atoms with Gasteiger partial charge in [-0.25, -0.2) is 0 Å². The molecule has 0 heterocycles. The van der Waals surface area contributed by atoms with Gasteiger partial charge in [-0.15, -0.1) is 0 Å². The van der Waals surface area contributed by atoms with Crippen molar-refractivity contribution in [3.8, 4) is 5.75 Å². The van der Waals surface area contributed by atoms with E-state index in [1.54, 1.807) is 7.11 Å². The third-order valence-electron chi connectivity index (χ3n) is 3.77. The first-order chi connectivity index (χ1) is 9.74. The number of rotatable bonds is 6. The summed E-state index contributed by atoms with van der Waals surface area (Å²) in [7, 11) is 1.55. The molecule has 4 nitrogen and oxygen atoms in total. The molecule has 20 heavy (non-hydrogen) atoms. The maximum atomic E-state index is 10.1. The number of hydrogen-bond acceptors (Lipinski definition) is 4. The van der Waals surface area contributed by atoms with E-state index in [9.17, 15) is 5.11 Å². The molecule has 0 saturated heterocycles. The second-order valence-electron chi connectivity index (χ2n) is 5.12. The average Bonchev–Trinajstić information content (AvgIpc) is 2.48. The summed E-state index contributed by atoms with van der Waals surface area (Å²) in [5, 5.41) is 10.1. The van der Waals surface area contributed by atoms with Gasteiger partial charge in [0.1, 0.15) is 5.75 Å². The van der Waals surface area contributed by atoms with Gasteiger partial charge in [-0.05, 0) is 37.5 Å². The van der Waals surface area contributed by atoms with Crippen LogP contribution in [0, 0.1) is 0 Å². The van der Waals surface area contributed by atoms with Crippen molar-refractivity contribution in [2.75, 3.05) is 13.7 Å². The molecule has 1 aliphatic rings. The minimum atomic E-state index is -0.675. The summed E-state index contributed by atoms with van der Waals surface area (Å²) in [5.74, 6) is 0.960. The predicted octanol–water partition coefficient (Wildman–Crippen LogP) is 3.05. The van der Waals surface area contributed by atoms with E-state index in [-0.39, 0.29) is 12.0 Å². The van der Waals surface area contributed by atoms with E-state index in [1.165, 1.54) is 12.0 Å². The molecule has 4 heteroatoms. The molecule has 0 radical (unpaired) electrons. The van der Waals surface area contributed by atoms with E-state index in [2.05, 4.69) is 0 Å². The summed E-state index contributed by atoms with van der Waals surface area (Å²) in [5.41, 5.74) is 1.18. The maximum absolute atomic E-state index is 10.1. The van der Waals surface area contributed by atoms with Gasteiger partial charge >= 0.3 is 6.48 Å². The minimum Gasteiger partial charge on any atom is -0.441 e. The SMILES string of the molecule is CCOC(OC)Oc1ccc([C@@H]2CCCC[C@H]2O)cc1. The van der Waals surface area contributed by atoms with Crippen LogP contribution in [0.4, 0.5) is 0 Å². The molecular formula is C16H24O4. The van der Waals surface area contributed by atoms with Gasteiger partial charge < -0.3 is 19.3 Å². The first-order valence-corrected chi connectivity index (χ1v) is 7.33. The molecule has 0 bridgehead atoms. The van der Waals surface area contributed by atoms with Crippen LogP contribution in [0.1, 0.15) is 44.1 Å². The molecule has 1 fully saturated rings. The molecule has 0 aromatic heterocycles. The highest BCUT2D eigenvalue weighted by Gasteiger charge is 2.24. The molecule has 0 aliphatic heterocycles. The van der Waals surface area contributed by atoms with Crippen molar-refractivity contribution in [2.24, 2.45) is 0 Å². The predicted molar refractivity (Wildman–Crippen MR) is 76.7 cm³/mol. The zero-order valence-corrected chi connectivity index (χ0v) is 12.2. The topological polar surface area (TPSA) is 47.9 Å². The Balaban J connectivity index is 1.98. The summed E-state index contributed by atoms with van der Waals surface area (Å²) in [6.07, 6.45) is 4.06. The monoisotopic (exact) mass is 280 g/mol. The van der Waals surface area contributed by atoms with Gasteiger partial charge in [0, 0.05) is 13.0 Å². The Hall–Kier alpha value is -1.10. The molecule has 1 saturated carbocycles. The van der Waals surface area contributed by atoms with Gasteiger partial charge in [0.05, 0.1) is 12.7 Å². The normalized spacial score (nSPS) is 24.4. The molecule has 1 aromatic carbocycles. The Kier molecular flexibility index (Phi) is 5.83. The summed E-state index contributed by atoms with van der Waals surface area (Å²) in [6, 6.07) is 7.85. The number of ether oxygens (including phenoxy) is 3. The third-order valence-corrected chi connectivity index (χ3v) is 3.77. The highest BCUT2D eigenvalue weighted by molar-refractivity contribution is 5.30. The zero-order chi connectivity index (χ0) is 14.4. The Morgan fingerprint density at radius 3 is 2.50 bits per heavy atom. The van der Waals surface area contributed by atoms with Gasteiger partial charge in [0.2, 0.25) is 0 Å². The van der Waals surface area contributed by atoms with Gasteiger partial charge in [0.15, 0.2) is 0 Å². The molecule has 3 atom stereocenters. The Morgan fingerprint density at radius 1 is 1.20 bits per heavy atom. The quantitative estimate of drug-likeness (QED) is 0.814. The molecule has 1 aliphatic carbocycles. The lowest BCUT2D eigenvalue weighted by Gasteiger charge is -2.28. The Labute approximate surface area is 120 Å². The van der Waals surface area contributed by atoms with Crippen LogP contribution in [-0.2, 0) is 9.47 Å². The van der Waals surface area contributed by atoms with Crippen LogP contribution in [-0.4, -0.2) is 31.4 Å². The first kappa shape index (κ1) is 15.3. The second kappa shape index (κ2) is 7.62. The van der Waals surface area contributed by atoms with Crippen LogP contribution in [0.5, 0.6) is 5.75 Å². The zero-order valence-electron chi connectivity index (χ0n) is 12.2. The highest BCUT2D eigenvalue weighted by Crippen LogP contribution is 2.33. The summed E-state index contributed by atoms with van der Waals surface area (Å²) >= 11 is 0. The van der Waals surface area contributed by atoms with Crippen molar-refractivity contribution >= 4 is 0 Å². The van der Waals surface area contributed by atoms with Gasteiger partial charge in [-0.1, -0.05) is 25.0 Å². The molecule has 112 valence electrons. The van der Waals surface area contributed by atoms with Crippen molar-refractivity contribution in [1.82, 2.24) is 0 Å². The minimum absolute atomic E-state index is 0.217. The largest absolute Gasteiger partial charge is 0.441 e. The van der Waals surface area contributed by atoms with Crippen LogP contribution in [0.3, 0.4) is 0 Å². The fraction of sp³-hybridized carbons (Fsp3) is 0.625. The second-order valence-corrected chi connectivity index (χ2v) is 5.12. The smallest absolute Gasteiger partial charge is 0.315 e. The number of methoxy groups -OCH3 is 1. The van der Waals surface area contributed by atoms with E-state index in [0.29, 0.717) is 12.4 Å². The fourth-order valence-electron chi connectivity index (χ4n) is 2.69. The Morgan fingerprint density at radius 2 is 1.90 bits per heavy atom. The van der Waals surface area contributed by atoms with Crippen molar-refractivity contribution in [1.29, 1.82) is 0 Å². The summed E-state index contributed by atoms with van der Waals surface area (Å²) < 4.78 is 15.9. The Bertz CT molecular complexity index is 390. The van der Waals surface area contributed by atoms with E-state index >= 15 is 0 Å². The van der Waals surface area contributed by atoms with Crippen molar-refractivity contribution in [3.63, 3.8) is 0 Å². The summed E-state index contributed by atoms with van der Waals surface area (Å²) in [4.78, 5) is 0. The van der Waals surface area contributed by atoms with Crippen molar-refractivity contribution in [3.05, 3.63) is 29.8 Å². The van der Waals surface area contributed by atoms with E-state index in [1.807, 2.05) is 31.2 Å². The standard InChI is InChI=1S/C16H24O4/c1-3-19-16(18-2)20-13-10-8-12(9-11-13)14-6-4-5-7-15(14)17/h8-11,14-17H,3-7H2,1-2H3/t14-,15+,16?/m0/s1. The molecular weight excluding hydrogens is 256 g/mol. The fourth-order valence-corrected chi connectivity index (χ4v) is 2.69. The molecule has 0 amide bonds. The highest BCUT2D eigenvalue weighted by atomic mass is 16.8. The number of hydrogen-bond donors (Lipinski definition) is 1. The van der Waals surface area contributed by atoms with Gasteiger partial charge in [-0.3, -0.25) is 0 Å². The lowest BCUT2D eigenvalue weighted by Crippen LogP contribution is -2.23. The number of aliphatic hydroxyl groups is 1.